The number of nitrogens with one attached hydrogen (secondary N) is 3. The monoisotopic (exact) mass is 605 g/mol. The van der Waals surface area contributed by atoms with Gasteiger partial charge in [0.2, 0.25) is 17.7 Å². The molecule has 0 unspecified atom stereocenters. The molecule has 3 N–H and O–H groups in total. The van der Waals surface area contributed by atoms with Crippen LogP contribution < -0.4 is 20.7 Å². The molecule has 2 heterocycles. The van der Waals surface area contributed by atoms with Crippen LogP contribution in [0.3, 0.4) is 0 Å². The maximum absolute atomic E-state index is 13.4. The molecule has 0 bridgehead atoms. The van der Waals surface area contributed by atoms with Crippen molar-refractivity contribution >= 4 is 23.7 Å². The van der Waals surface area contributed by atoms with E-state index in [4.69, 9.17) is 14.2 Å². The first-order valence-electron chi connectivity index (χ1n) is 15.2. The van der Waals surface area contributed by atoms with Crippen molar-refractivity contribution in [3.63, 3.8) is 0 Å². The van der Waals surface area contributed by atoms with Crippen LogP contribution in [0.4, 0.5) is 0 Å². The Balaban J connectivity index is 1.54. The average molecular weight is 606 g/mol. The quantitative estimate of drug-likeness (QED) is 0.310. The molecule has 4 rings (SSSR count). The third-order valence-electron chi connectivity index (χ3n) is 7.87. The van der Waals surface area contributed by atoms with Crippen LogP contribution >= 0.6 is 0 Å². The Morgan fingerprint density at radius 3 is 2.34 bits per heavy atom. The van der Waals surface area contributed by atoms with E-state index in [0.29, 0.717) is 12.2 Å². The molecule has 0 aliphatic carbocycles. The summed E-state index contributed by atoms with van der Waals surface area (Å²) in [6, 6.07) is 15.4. The number of methoxy groups -OCH3 is 1. The van der Waals surface area contributed by atoms with Crippen LogP contribution in [0.25, 0.3) is 0 Å². The first-order valence-corrected chi connectivity index (χ1v) is 15.2. The topological polar surface area (TPSA) is 135 Å². The number of hydrogen-bond acceptors (Lipinski definition) is 7. The molecule has 0 aromatic heterocycles. The first kappa shape index (κ1) is 32.7. The van der Waals surface area contributed by atoms with Crippen LogP contribution in [0.2, 0.25) is 0 Å². The largest absolute Gasteiger partial charge is 0.497 e. The van der Waals surface area contributed by atoms with Gasteiger partial charge in [0, 0.05) is 31.7 Å². The summed E-state index contributed by atoms with van der Waals surface area (Å²) in [4.78, 5) is 52.4. The number of esters is 1. The van der Waals surface area contributed by atoms with Gasteiger partial charge in [-0.3, -0.25) is 14.4 Å². The molecule has 2 aliphatic heterocycles. The zero-order valence-electron chi connectivity index (χ0n) is 25.8. The number of ether oxygens (including phenoxy) is 3. The molecule has 2 aromatic carbocycles. The van der Waals surface area contributed by atoms with E-state index in [0.717, 1.165) is 11.1 Å². The Morgan fingerprint density at radius 2 is 1.66 bits per heavy atom. The van der Waals surface area contributed by atoms with Crippen LogP contribution in [0.15, 0.2) is 66.7 Å². The molecular formula is C34H43N3O7. The van der Waals surface area contributed by atoms with Gasteiger partial charge in [0.15, 0.2) is 0 Å². The van der Waals surface area contributed by atoms with Crippen molar-refractivity contribution in [2.24, 2.45) is 11.8 Å². The van der Waals surface area contributed by atoms with Crippen LogP contribution in [-0.4, -0.2) is 61.6 Å². The predicted molar refractivity (Wildman–Crippen MR) is 164 cm³/mol. The summed E-state index contributed by atoms with van der Waals surface area (Å²) >= 11 is 0. The molecule has 0 spiro atoms. The lowest BCUT2D eigenvalue weighted by Crippen LogP contribution is -2.49. The van der Waals surface area contributed by atoms with Crippen LogP contribution in [0, 0.1) is 11.8 Å². The summed E-state index contributed by atoms with van der Waals surface area (Å²) < 4.78 is 17.3. The molecule has 2 aromatic rings. The van der Waals surface area contributed by atoms with Crippen LogP contribution in [0.5, 0.6) is 5.75 Å². The van der Waals surface area contributed by atoms with Crippen molar-refractivity contribution < 1.29 is 33.4 Å². The van der Waals surface area contributed by atoms with Crippen molar-refractivity contribution in [1.29, 1.82) is 0 Å². The van der Waals surface area contributed by atoms with Gasteiger partial charge in [-0.15, -0.1) is 0 Å². The van der Waals surface area contributed by atoms with Crippen molar-refractivity contribution in [3.05, 3.63) is 77.9 Å². The van der Waals surface area contributed by atoms with Gasteiger partial charge >= 0.3 is 5.97 Å². The van der Waals surface area contributed by atoms with E-state index in [2.05, 4.69) is 16.0 Å². The lowest BCUT2D eigenvalue weighted by atomic mass is 9.93. The van der Waals surface area contributed by atoms with Gasteiger partial charge in [-0.05, 0) is 41.7 Å². The van der Waals surface area contributed by atoms with Crippen molar-refractivity contribution in [2.75, 3.05) is 13.7 Å². The number of amides is 3. The van der Waals surface area contributed by atoms with E-state index in [9.17, 15) is 19.2 Å². The Kier molecular flexibility index (Phi) is 11.5. The van der Waals surface area contributed by atoms with E-state index in [1.54, 1.807) is 25.3 Å². The van der Waals surface area contributed by atoms with Gasteiger partial charge in [0.05, 0.1) is 13.2 Å². The van der Waals surface area contributed by atoms with E-state index < -0.39 is 36.0 Å². The number of carbonyl (C=O) groups is 4. The van der Waals surface area contributed by atoms with Crippen LogP contribution in [-0.2, 0) is 35.1 Å². The smallest absolute Gasteiger partial charge is 0.328 e. The average Bonchev–Trinajstić information content (AvgIpc) is 3.81. The highest BCUT2D eigenvalue weighted by atomic mass is 16.6. The number of benzene rings is 2. The Hall–Kier alpha value is -4.18. The van der Waals surface area contributed by atoms with Gasteiger partial charge in [0.1, 0.15) is 30.0 Å². The summed E-state index contributed by atoms with van der Waals surface area (Å²) in [6.45, 7) is 5.93. The maximum Gasteiger partial charge on any atom is 0.328 e. The minimum atomic E-state index is -0.871. The fourth-order valence-electron chi connectivity index (χ4n) is 5.36. The van der Waals surface area contributed by atoms with E-state index in [1.807, 2.05) is 63.2 Å². The van der Waals surface area contributed by atoms with E-state index >= 15 is 0 Å². The molecule has 2 aliphatic rings. The zero-order chi connectivity index (χ0) is 31.6. The lowest BCUT2D eigenvalue weighted by molar-refractivity contribution is -0.156. The highest BCUT2D eigenvalue weighted by molar-refractivity contribution is 5.93. The fraction of sp³-hybridized carbons (Fsp3) is 0.471. The molecule has 0 saturated carbocycles. The van der Waals surface area contributed by atoms with Crippen molar-refractivity contribution in [2.45, 2.75) is 76.9 Å². The molecular weight excluding hydrogens is 562 g/mol. The normalized spacial score (nSPS) is 26.5. The van der Waals surface area contributed by atoms with Gasteiger partial charge in [-0.25, -0.2) is 4.79 Å². The number of rotatable bonds is 8. The Labute approximate surface area is 258 Å². The number of hydrogen-bond donors (Lipinski definition) is 3. The second-order valence-electron chi connectivity index (χ2n) is 11.8. The third-order valence-corrected chi connectivity index (χ3v) is 7.87. The highest BCUT2D eigenvalue weighted by Crippen LogP contribution is 2.45. The zero-order valence-corrected chi connectivity index (χ0v) is 25.8. The number of cyclic esters (lactones) is 1. The Bertz CT molecular complexity index is 1310. The van der Waals surface area contributed by atoms with Crippen molar-refractivity contribution in [3.8, 4) is 5.75 Å². The summed E-state index contributed by atoms with van der Waals surface area (Å²) in [5.74, 6) is -1.18. The molecule has 44 heavy (non-hydrogen) atoms. The summed E-state index contributed by atoms with van der Waals surface area (Å²) in [5.41, 5.74) is 1.88. The second-order valence-corrected chi connectivity index (χ2v) is 11.8. The van der Waals surface area contributed by atoms with Crippen molar-refractivity contribution in [1.82, 2.24) is 16.0 Å². The molecule has 236 valence electrons. The highest BCUT2D eigenvalue weighted by Gasteiger charge is 2.47. The van der Waals surface area contributed by atoms with Gasteiger partial charge in [-0.1, -0.05) is 69.3 Å². The minimum absolute atomic E-state index is 0.0365. The number of carbonyl (C=O) groups excluding carboxylic acids is 4. The SMILES string of the molecule is COc1ccc(C[C@H]2NC(=O)/C=C/C[C@@H]([C@H](C)[C@H]3O[C@@H]3c3ccccc3)OC(=O)[C@H](CC(C)C)NC(=O)CCNC2=O)cc1. The predicted octanol–water partition coefficient (Wildman–Crippen LogP) is 3.41. The van der Waals surface area contributed by atoms with Gasteiger partial charge < -0.3 is 30.2 Å². The summed E-state index contributed by atoms with van der Waals surface area (Å²) in [6.07, 6.45) is 2.98. The maximum atomic E-state index is 13.4. The third kappa shape index (κ3) is 9.41. The van der Waals surface area contributed by atoms with E-state index in [1.165, 1.54) is 6.08 Å². The molecule has 1 saturated heterocycles. The molecule has 1 fully saturated rings. The second kappa shape index (κ2) is 15.5. The standard InChI is InChI=1S/C34H43N3O7/c1-21(2)19-27-34(41)43-28(22(3)31-32(44-31)24-9-6-5-7-10-24)11-8-12-29(38)36-26(33(40)35-18-17-30(39)37-27)20-23-13-15-25(42-4)16-14-23/h5-10,12-16,21-22,26-28,31-32H,11,17-20H2,1-4H3,(H,35,40)(H,36,38)(H,37,39)/b12-8+/t22-,26+,27-,28-,31+,32+/m0/s1. The molecule has 0 radical (unpaired) electrons. The summed E-state index contributed by atoms with van der Waals surface area (Å²) in [7, 11) is 1.57. The van der Waals surface area contributed by atoms with Gasteiger partial charge in [-0.2, -0.15) is 0 Å². The molecule has 6 atom stereocenters. The lowest BCUT2D eigenvalue weighted by Gasteiger charge is -2.26. The molecule has 10 nitrogen and oxygen atoms in total. The Morgan fingerprint density at radius 1 is 0.932 bits per heavy atom. The van der Waals surface area contributed by atoms with Crippen LogP contribution in [0.1, 0.15) is 57.3 Å². The van der Waals surface area contributed by atoms with Gasteiger partial charge in [0.25, 0.3) is 0 Å². The fourth-order valence-corrected chi connectivity index (χ4v) is 5.36. The van der Waals surface area contributed by atoms with E-state index in [-0.39, 0.29) is 55.8 Å². The molecule has 10 heteroatoms. The number of epoxide rings is 1. The first-order chi connectivity index (χ1) is 21.1. The minimum Gasteiger partial charge on any atom is -0.497 e. The molecule has 3 amide bonds. The summed E-state index contributed by atoms with van der Waals surface area (Å²) in [5, 5.41) is 8.33.